The van der Waals surface area contributed by atoms with Crippen molar-refractivity contribution in [1.82, 2.24) is 0 Å². The number of benzene rings is 2. The Morgan fingerprint density at radius 1 is 1.19 bits per heavy atom. The van der Waals surface area contributed by atoms with Gasteiger partial charge in [-0.1, -0.05) is 6.07 Å². The third-order valence-electron chi connectivity index (χ3n) is 4.39. The second-order valence-electron chi connectivity index (χ2n) is 6.27. The molecular weight excluding hydrogens is 334 g/mol. The van der Waals surface area contributed by atoms with Crippen molar-refractivity contribution in [3.05, 3.63) is 63.7 Å². The number of amides is 2. The smallest absolute Gasteiger partial charge is 0.272 e. The van der Waals surface area contributed by atoms with Crippen LogP contribution in [0.3, 0.4) is 0 Å². The molecule has 0 unspecified atom stereocenters. The van der Waals surface area contributed by atoms with Crippen LogP contribution < -0.4 is 10.2 Å². The first-order chi connectivity index (χ1) is 12.5. The van der Waals surface area contributed by atoms with Crippen LogP contribution in [0.1, 0.15) is 35.2 Å². The lowest BCUT2D eigenvalue weighted by Crippen LogP contribution is -2.35. The lowest BCUT2D eigenvalue weighted by Gasteiger charge is -2.27. The van der Waals surface area contributed by atoms with Crippen molar-refractivity contribution in [3.8, 4) is 0 Å². The third-order valence-corrected chi connectivity index (χ3v) is 4.39. The molecule has 1 N–H and O–H groups in total. The normalized spacial score (nSPS) is 14.2. The Morgan fingerprint density at radius 3 is 2.69 bits per heavy atom. The van der Waals surface area contributed by atoms with Crippen LogP contribution in [0.25, 0.3) is 0 Å². The topological polar surface area (TPSA) is 92.6 Å². The van der Waals surface area contributed by atoms with Gasteiger partial charge in [0.05, 0.1) is 4.92 Å². The molecule has 2 amide bonds. The molecule has 1 heterocycles. The summed E-state index contributed by atoms with van der Waals surface area (Å²) in [7, 11) is 0. The molecule has 1 saturated heterocycles. The molecule has 0 aliphatic carbocycles. The molecule has 7 nitrogen and oxygen atoms in total. The van der Waals surface area contributed by atoms with Crippen LogP contribution in [0.4, 0.5) is 17.1 Å². The van der Waals surface area contributed by atoms with Gasteiger partial charge in [0.2, 0.25) is 5.91 Å². The van der Waals surface area contributed by atoms with E-state index in [0.29, 0.717) is 29.8 Å². The van der Waals surface area contributed by atoms with Gasteiger partial charge in [-0.3, -0.25) is 19.7 Å². The van der Waals surface area contributed by atoms with Crippen LogP contribution in [0.2, 0.25) is 0 Å². The van der Waals surface area contributed by atoms with Crippen molar-refractivity contribution in [2.45, 2.75) is 26.2 Å². The number of hydrogen-bond acceptors (Lipinski definition) is 4. The molecule has 0 saturated carbocycles. The standard InChI is InChI=1S/C19H19N3O4/c1-13-11-14(8-9-17(13)22(25)26)19(24)20-15-5-4-6-16(12-15)21-10-3-2-7-18(21)23/h4-6,8-9,11-12H,2-3,7,10H2,1H3,(H,20,24). The molecule has 0 bridgehead atoms. The summed E-state index contributed by atoms with van der Waals surface area (Å²) < 4.78 is 0. The van der Waals surface area contributed by atoms with Gasteiger partial charge in [-0.2, -0.15) is 0 Å². The van der Waals surface area contributed by atoms with Gasteiger partial charge in [0.1, 0.15) is 0 Å². The molecule has 3 rings (SSSR count). The quantitative estimate of drug-likeness (QED) is 0.670. The fraction of sp³-hybridized carbons (Fsp3) is 0.263. The maximum atomic E-state index is 12.4. The van der Waals surface area contributed by atoms with Crippen molar-refractivity contribution in [1.29, 1.82) is 0 Å². The molecule has 134 valence electrons. The molecule has 1 fully saturated rings. The van der Waals surface area contributed by atoms with Gasteiger partial charge in [0.15, 0.2) is 0 Å². The zero-order valence-corrected chi connectivity index (χ0v) is 14.4. The summed E-state index contributed by atoms with van der Waals surface area (Å²) in [5, 5.41) is 13.7. The van der Waals surface area contributed by atoms with Crippen LogP contribution in [0.15, 0.2) is 42.5 Å². The lowest BCUT2D eigenvalue weighted by atomic mass is 10.1. The number of nitrogens with one attached hydrogen (secondary N) is 1. The summed E-state index contributed by atoms with van der Waals surface area (Å²) in [4.78, 5) is 36.6. The van der Waals surface area contributed by atoms with Crippen molar-refractivity contribution in [2.75, 3.05) is 16.8 Å². The lowest BCUT2D eigenvalue weighted by molar-refractivity contribution is -0.385. The Kier molecular flexibility index (Phi) is 4.97. The number of carbonyl (C=O) groups is 2. The molecule has 1 aliphatic rings. The second-order valence-corrected chi connectivity index (χ2v) is 6.27. The van der Waals surface area contributed by atoms with Gasteiger partial charge in [-0.05, 0) is 50.1 Å². The molecular formula is C19H19N3O4. The van der Waals surface area contributed by atoms with E-state index in [1.54, 1.807) is 30.0 Å². The molecule has 7 heteroatoms. The van der Waals surface area contributed by atoms with E-state index in [1.165, 1.54) is 18.2 Å². The van der Waals surface area contributed by atoms with E-state index < -0.39 is 4.92 Å². The van der Waals surface area contributed by atoms with E-state index in [4.69, 9.17) is 0 Å². The summed E-state index contributed by atoms with van der Waals surface area (Å²) >= 11 is 0. The van der Waals surface area contributed by atoms with Crippen molar-refractivity contribution < 1.29 is 14.5 Å². The van der Waals surface area contributed by atoms with Crippen LogP contribution >= 0.6 is 0 Å². The van der Waals surface area contributed by atoms with Gasteiger partial charge < -0.3 is 10.2 Å². The number of nitrogens with zero attached hydrogens (tertiary/aromatic N) is 2. The van der Waals surface area contributed by atoms with Crippen molar-refractivity contribution >= 4 is 28.9 Å². The van der Waals surface area contributed by atoms with E-state index in [2.05, 4.69) is 5.32 Å². The molecule has 1 aliphatic heterocycles. The van der Waals surface area contributed by atoms with Gasteiger partial charge in [0.25, 0.3) is 11.6 Å². The first kappa shape index (κ1) is 17.6. The SMILES string of the molecule is Cc1cc(C(=O)Nc2cccc(N3CCCCC3=O)c2)ccc1[N+](=O)[O-]. The Bertz CT molecular complexity index is 879. The predicted molar refractivity (Wildman–Crippen MR) is 98.4 cm³/mol. The fourth-order valence-corrected chi connectivity index (χ4v) is 3.04. The predicted octanol–water partition coefficient (Wildman–Crippen LogP) is 3.67. The van der Waals surface area contributed by atoms with Crippen LogP contribution in [-0.2, 0) is 4.79 Å². The van der Waals surface area contributed by atoms with Gasteiger partial charge >= 0.3 is 0 Å². The molecule has 26 heavy (non-hydrogen) atoms. The van der Waals surface area contributed by atoms with E-state index >= 15 is 0 Å². The summed E-state index contributed by atoms with van der Waals surface area (Å²) in [6.45, 7) is 2.27. The number of aryl methyl sites for hydroxylation is 1. The van der Waals surface area contributed by atoms with Crippen LogP contribution in [0, 0.1) is 17.0 Å². The van der Waals surface area contributed by atoms with Gasteiger partial charge in [-0.15, -0.1) is 0 Å². The molecule has 0 aromatic heterocycles. The average molecular weight is 353 g/mol. The first-order valence-electron chi connectivity index (χ1n) is 8.42. The number of carbonyl (C=O) groups excluding carboxylic acids is 2. The highest BCUT2D eigenvalue weighted by Crippen LogP contribution is 2.25. The Morgan fingerprint density at radius 2 is 2.00 bits per heavy atom. The molecule has 2 aromatic carbocycles. The highest BCUT2D eigenvalue weighted by Gasteiger charge is 2.20. The van der Waals surface area contributed by atoms with Crippen LogP contribution in [0.5, 0.6) is 0 Å². The molecule has 2 aromatic rings. The highest BCUT2D eigenvalue weighted by atomic mass is 16.6. The number of nitro benzene ring substituents is 1. The minimum Gasteiger partial charge on any atom is -0.322 e. The third kappa shape index (κ3) is 3.72. The highest BCUT2D eigenvalue weighted by molar-refractivity contribution is 6.05. The second kappa shape index (κ2) is 7.35. The first-order valence-corrected chi connectivity index (χ1v) is 8.42. The average Bonchev–Trinajstić information content (AvgIpc) is 2.62. The van der Waals surface area contributed by atoms with Gasteiger partial charge in [0, 0.05) is 41.5 Å². The number of hydrogen-bond donors (Lipinski definition) is 1. The van der Waals surface area contributed by atoms with E-state index in [9.17, 15) is 19.7 Å². The summed E-state index contributed by atoms with van der Waals surface area (Å²) in [5.74, 6) is -0.268. The van der Waals surface area contributed by atoms with Crippen molar-refractivity contribution in [3.63, 3.8) is 0 Å². The summed E-state index contributed by atoms with van der Waals surface area (Å²) in [6, 6.07) is 11.4. The summed E-state index contributed by atoms with van der Waals surface area (Å²) in [5.41, 5.74) is 2.07. The van der Waals surface area contributed by atoms with Crippen LogP contribution in [-0.4, -0.2) is 23.3 Å². The monoisotopic (exact) mass is 353 g/mol. The number of rotatable bonds is 4. The maximum Gasteiger partial charge on any atom is 0.272 e. The Labute approximate surface area is 150 Å². The Hall–Kier alpha value is -3.22. The summed E-state index contributed by atoms with van der Waals surface area (Å²) in [6.07, 6.45) is 2.41. The number of anilines is 2. The van der Waals surface area contributed by atoms with E-state index in [0.717, 1.165) is 18.5 Å². The van der Waals surface area contributed by atoms with Gasteiger partial charge in [-0.25, -0.2) is 0 Å². The minimum atomic E-state index is -0.476. The molecule has 0 radical (unpaired) electrons. The number of nitro groups is 1. The molecule has 0 spiro atoms. The van der Waals surface area contributed by atoms with E-state index in [-0.39, 0.29) is 17.5 Å². The Balaban J connectivity index is 1.77. The molecule has 0 atom stereocenters. The van der Waals surface area contributed by atoms with E-state index in [1.807, 2.05) is 6.07 Å². The minimum absolute atomic E-state index is 0.0211. The zero-order valence-electron chi connectivity index (χ0n) is 14.4. The number of piperidine rings is 1. The fourth-order valence-electron chi connectivity index (χ4n) is 3.04. The largest absolute Gasteiger partial charge is 0.322 e. The van der Waals surface area contributed by atoms with Crippen molar-refractivity contribution in [2.24, 2.45) is 0 Å². The zero-order chi connectivity index (χ0) is 18.7. The maximum absolute atomic E-state index is 12.4.